The second kappa shape index (κ2) is 9.29. The lowest BCUT2D eigenvalue weighted by Gasteiger charge is -2.05. The SMILES string of the molecule is CCCCCCCC[NH+]1C=CC=C1.[Cl-]. The first-order valence-electron chi connectivity index (χ1n) is 5.64. The standard InChI is InChI=1S/C12H21N.ClH/c1-2-3-4-5-6-7-10-13-11-8-9-12-13;/h8-9,11-12H,2-7,10H2,1H3;1H. The van der Waals surface area contributed by atoms with Gasteiger partial charge in [0, 0.05) is 0 Å². The third-order valence-corrected chi connectivity index (χ3v) is 2.55. The summed E-state index contributed by atoms with van der Waals surface area (Å²) in [7, 11) is 0. The van der Waals surface area contributed by atoms with E-state index in [-0.39, 0.29) is 12.4 Å². The van der Waals surface area contributed by atoms with Crippen molar-refractivity contribution in [3.63, 3.8) is 0 Å². The number of hydrogen-bond acceptors (Lipinski definition) is 0. The molecule has 0 saturated heterocycles. The second-order valence-corrected chi connectivity index (χ2v) is 3.81. The molecule has 1 aliphatic heterocycles. The Morgan fingerprint density at radius 3 is 2.07 bits per heavy atom. The van der Waals surface area contributed by atoms with E-state index in [0.29, 0.717) is 0 Å². The van der Waals surface area contributed by atoms with Gasteiger partial charge in [0.1, 0.15) is 0 Å². The van der Waals surface area contributed by atoms with Crippen LogP contribution in [0.1, 0.15) is 45.4 Å². The van der Waals surface area contributed by atoms with E-state index in [0.717, 1.165) is 0 Å². The maximum absolute atomic E-state index is 2.27. The van der Waals surface area contributed by atoms with Crippen LogP contribution < -0.4 is 17.3 Å². The molecule has 2 heteroatoms. The van der Waals surface area contributed by atoms with E-state index in [1.54, 1.807) is 0 Å². The molecule has 0 unspecified atom stereocenters. The zero-order valence-electron chi connectivity index (χ0n) is 9.14. The number of hydrogen-bond donors (Lipinski definition) is 1. The normalized spacial score (nSPS) is 14.6. The van der Waals surface area contributed by atoms with Crippen LogP contribution in [0.5, 0.6) is 0 Å². The molecule has 0 radical (unpaired) electrons. The lowest BCUT2D eigenvalue weighted by Crippen LogP contribution is -3.01. The van der Waals surface area contributed by atoms with Gasteiger partial charge in [-0.2, -0.15) is 0 Å². The summed E-state index contributed by atoms with van der Waals surface area (Å²) < 4.78 is 0. The Balaban J connectivity index is 0.00000169. The van der Waals surface area contributed by atoms with Gasteiger partial charge in [0.05, 0.1) is 18.9 Å². The number of quaternary nitrogens is 1. The number of allylic oxidation sites excluding steroid dienone is 2. The smallest absolute Gasteiger partial charge is 0.0990 e. The number of nitrogens with one attached hydrogen (secondary N) is 1. The molecule has 1 rings (SSSR count). The largest absolute Gasteiger partial charge is 1.00 e. The predicted molar refractivity (Wildman–Crippen MR) is 57.5 cm³/mol. The van der Waals surface area contributed by atoms with Crippen molar-refractivity contribution in [1.29, 1.82) is 0 Å². The molecule has 0 atom stereocenters. The summed E-state index contributed by atoms with van der Waals surface area (Å²) in [4.78, 5) is 1.51. The molecule has 0 fully saturated rings. The van der Waals surface area contributed by atoms with E-state index in [2.05, 4.69) is 31.5 Å². The van der Waals surface area contributed by atoms with Crippen LogP contribution in [0.25, 0.3) is 0 Å². The van der Waals surface area contributed by atoms with Gasteiger partial charge in [-0.25, -0.2) is 0 Å². The van der Waals surface area contributed by atoms with Crippen molar-refractivity contribution in [1.82, 2.24) is 0 Å². The minimum Gasteiger partial charge on any atom is -1.00 e. The predicted octanol–water partition coefficient (Wildman–Crippen LogP) is -0.723. The molecular weight excluding hydrogens is 194 g/mol. The highest BCUT2D eigenvalue weighted by Crippen LogP contribution is 2.03. The highest BCUT2D eigenvalue weighted by molar-refractivity contribution is 5.00. The molecule has 0 bridgehead atoms. The maximum Gasteiger partial charge on any atom is 0.0990 e. The van der Waals surface area contributed by atoms with Crippen molar-refractivity contribution in [3.05, 3.63) is 24.6 Å². The first-order valence-corrected chi connectivity index (χ1v) is 5.64. The third-order valence-electron chi connectivity index (χ3n) is 2.55. The van der Waals surface area contributed by atoms with Gasteiger partial charge in [-0.1, -0.05) is 32.6 Å². The Hall–Kier alpha value is -0.270. The third kappa shape index (κ3) is 6.22. The van der Waals surface area contributed by atoms with E-state index >= 15 is 0 Å². The molecule has 1 heterocycles. The lowest BCUT2D eigenvalue weighted by molar-refractivity contribution is -0.787. The van der Waals surface area contributed by atoms with Crippen LogP contribution in [-0.4, -0.2) is 6.54 Å². The maximum atomic E-state index is 2.27. The van der Waals surface area contributed by atoms with Crippen LogP contribution in [0.3, 0.4) is 0 Å². The van der Waals surface area contributed by atoms with Gasteiger partial charge in [0.25, 0.3) is 0 Å². The molecule has 0 amide bonds. The second-order valence-electron chi connectivity index (χ2n) is 3.81. The molecule has 0 aromatic heterocycles. The van der Waals surface area contributed by atoms with Crippen LogP contribution in [0.4, 0.5) is 0 Å². The number of halogens is 1. The van der Waals surface area contributed by atoms with Gasteiger partial charge in [-0.3, -0.25) is 4.90 Å². The van der Waals surface area contributed by atoms with Gasteiger partial charge < -0.3 is 12.4 Å². The van der Waals surface area contributed by atoms with Gasteiger partial charge in [-0.15, -0.1) is 0 Å². The summed E-state index contributed by atoms with van der Waals surface area (Å²) >= 11 is 0. The molecule has 82 valence electrons. The first-order chi connectivity index (χ1) is 6.43. The van der Waals surface area contributed by atoms with Crippen LogP contribution >= 0.6 is 0 Å². The van der Waals surface area contributed by atoms with Crippen molar-refractivity contribution in [2.24, 2.45) is 0 Å². The van der Waals surface area contributed by atoms with Gasteiger partial charge >= 0.3 is 0 Å². The minimum absolute atomic E-state index is 0. The Kier molecular flexibility index (Phi) is 9.11. The highest BCUT2D eigenvalue weighted by atomic mass is 35.5. The van der Waals surface area contributed by atoms with Crippen molar-refractivity contribution in [3.8, 4) is 0 Å². The first kappa shape index (κ1) is 13.7. The minimum atomic E-state index is 0. The topological polar surface area (TPSA) is 4.44 Å². The van der Waals surface area contributed by atoms with Gasteiger partial charge in [0.15, 0.2) is 0 Å². The van der Waals surface area contributed by atoms with E-state index in [4.69, 9.17) is 0 Å². The summed E-state index contributed by atoms with van der Waals surface area (Å²) in [6.07, 6.45) is 17.1. The van der Waals surface area contributed by atoms with Gasteiger partial charge in [0.2, 0.25) is 0 Å². The average Bonchev–Trinajstić information content (AvgIpc) is 2.63. The molecule has 1 aliphatic rings. The van der Waals surface area contributed by atoms with E-state index in [9.17, 15) is 0 Å². The van der Waals surface area contributed by atoms with Crippen molar-refractivity contribution in [2.45, 2.75) is 45.4 Å². The monoisotopic (exact) mass is 215 g/mol. The fourth-order valence-corrected chi connectivity index (χ4v) is 1.69. The van der Waals surface area contributed by atoms with E-state index in [1.807, 2.05) is 0 Å². The zero-order chi connectivity index (χ0) is 9.36. The summed E-state index contributed by atoms with van der Waals surface area (Å²) in [6, 6.07) is 0. The summed E-state index contributed by atoms with van der Waals surface area (Å²) in [5.41, 5.74) is 0. The number of unbranched alkanes of at least 4 members (excludes halogenated alkanes) is 5. The molecule has 0 aliphatic carbocycles. The fourth-order valence-electron chi connectivity index (χ4n) is 1.69. The summed E-state index contributed by atoms with van der Waals surface area (Å²) in [6.45, 7) is 3.54. The Morgan fingerprint density at radius 1 is 0.857 bits per heavy atom. The Morgan fingerprint density at radius 2 is 1.43 bits per heavy atom. The van der Waals surface area contributed by atoms with Crippen molar-refractivity contribution in [2.75, 3.05) is 6.54 Å². The lowest BCUT2D eigenvalue weighted by atomic mass is 10.1. The highest BCUT2D eigenvalue weighted by Gasteiger charge is 2.02. The molecule has 0 saturated carbocycles. The van der Waals surface area contributed by atoms with Crippen LogP contribution in [0.2, 0.25) is 0 Å². The molecule has 0 aromatic rings. The molecule has 1 N–H and O–H groups in total. The fraction of sp³-hybridized carbons (Fsp3) is 0.667. The number of rotatable bonds is 7. The van der Waals surface area contributed by atoms with Crippen LogP contribution in [0, 0.1) is 0 Å². The molecule has 14 heavy (non-hydrogen) atoms. The van der Waals surface area contributed by atoms with Crippen molar-refractivity contribution < 1.29 is 17.3 Å². The van der Waals surface area contributed by atoms with E-state index in [1.165, 1.54) is 50.0 Å². The quantitative estimate of drug-likeness (QED) is 0.535. The van der Waals surface area contributed by atoms with Gasteiger partial charge in [-0.05, 0) is 25.0 Å². The Labute approximate surface area is 94.3 Å². The van der Waals surface area contributed by atoms with Crippen LogP contribution in [-0.2, 0) is 0 Å². The summed E-state index contributed by atoms with van der Waals surface area (Å²) in [5, 5.41) is 0. The molecule has 0 aromatic carbocycles. The van der Waals surface area contributed by atoms with Crippen molar-refractivity contribution >= 4 is 0 Å². The average molecular weight is 216 g/mol. The van der Waals surface area contributed by atoms with E-state index < -0.39 is 0 Å². The summed E-state index contributed by atoms with van der Waals surface area (Å²) in [5.74, 6) is 0. The van der Waals surface area contributed by atoms with Crippen LogP contribution in [0.15, 0.2) is 24.6 Å². The zero-order valence-corrected chi connectivity index (χ0v) is 9.89. The molecule has 1 nitrogen and oxygen atoms in total. The molecule has 0 spiro atoms. The Bertz CT molecular complexity index is 163. The molecular formula is C12H22ClN.